The lowest BCUT2D eigenvalue weighted by Gasteiger charge is -2.07. The van der Waals surface area contributed by atoms with Crippen molar-refractivity contribution < 1.29 is 23.1 Å². The van der Waals surface area contributed by atoms with Gasteiger partial charge in [0.05, 0.1) is 18.9 Å². The Hall–Kier alpha value is -1.45. The number of aromatic amines is 1. The van der Waals surface area contributed by atoms with Gasteiger partial charge in [0.25, 0.3) is 10.0 Å². The normalized spacial score (nSPS) is 13.2. The van der Waals surface area contributed by atoms with E-state index in [-0.39, 0.29) is 30.2 Å². The van der Waals surface area contributed by atoms with Crippen molar-refractivity contribution in [3.63, 3.8) is 0 Å². The van der Waals surface area contributed by atoms with Crippen molar-refractivity contribution in [2.45, 2.75) is 31.4 Å². The molecule has 1 aromatic rings. The van der Waals surface area contributed by atoms with Gasteiger partial charge in [0.15, 0.2) is 5.03 Å². The molecule has 3 N–H and O–H groups in total. The Morgan fingerprint density at radius 1 is 1.63 bits per heavy atom. The molecule has 1 atom stereocenters. The predicted octanol–water partition coefficient (Wildman–Crippen LogP) is -0.364. The van der Waals surface area contributed by atoms with Gasteiger partial charge in [-0.25, -0.2) is 17.9 Å². The molecule has 0 bridgehead atoms. The third-order valence-corrected chi connectivity index (χ3v) is 3.66. The summed E-state index contributed by atoms with van der Waals surface area (Å²) in [5, 5.41) is 14.5. The van der Waals surface area contributed by atoms with Gasteiger partial charge in [-0.3, -0.25) is 5.10 Å². The molecule has 0 amide bonds. The van der Waals surface area contributed by atoms with Crippen LogP contribution in [0.4, 0.5) is 0 Å². The van der Waals surface area contributed by atoms with E-state index in [1.54, 1.807) is 13.8 Å². The van der Waals surface area contributed by atoms with Gasteiger partial charge in [-0.05, 0) is 20.3 Å². The number of rotatable bonds is 7. The van der Waals surface area contributed by atoms with Gasteiger partial charge in [0.1, 0.15) is 5.56 Å². The fourth-order valence-corrected chi connectivity index (χ4v) is 2.44. The van der Waals surface area contributed by atoms with E-state index < -0.39 is 22.1 Å². The highest BCUT2D eigenvalue weighted by atomic mass is 32.2. The third-order valence-electron chi connectivity index (χ3n) is 2.22. The quantitative estimate of drug-likeness (QED) is 0.590. The number of hydrogen-bond donors (Lipinski definition) is 3. The van der Waals surface area contributed by atoms with E-state index in [4.69, 9.17) is 9.84 Å². The van der Waals surface area contributed by atoms with E-state index in [2.05, 4.69) is 14.9 Å². The molecule has 0 saturated carbocycles. The zero-order chi connectivity index (χ0) is 14.5. The van der Waals surface area contributed by atoms with Crippen LogP contribution in [0.25, 0.3) is 0 Å². The van der Waals surface area contributed by atoms with Crippen LogP contribution < -0.4 is 4.72 Å². The minimum atomic E-state index is -3.89. The molecule has 0 aromatic carbocycles. The smallest absolute Gasteiger partial charge is 0.342 e. The number of sulfonamides is 1. The lowest BCUT2D eigenvalue weighted by Crippen LogP contribution is -2.28. The molecule has 1 aromatic heterocycles. The molecule has 1 rings (SSSR count). The monoisotopic (exact) mass is 291 g/mol. The minimum Gasteiger partial charge on any atom is -0.462 e. The summed E-state index contributed by atoms with van der Waals surface area (Å²) in [6.45, 7) is 3.36. The van der Waals surface area contributed by atoms with Crippen LogP contribution in [-0.2, 0) is 14.8 Å². The minimum absolute atomic E-state index is 0.0568. The number of aliphatic hydroxyl groups is 1. The molecule has 9 heteroatoms. The molecule has 1 heterocycles. The van der Waals surface area contributed by atoms with Crippen molar-refractivity contribution >= 4 is 16.0 Å². The van der Waals surface area contributed by atoms with Crippen LogP contribution in [0.5, 0.6) is 0 Å². The molecule has 0 aliphatic heterocycles. The topological polar surface area (TPSA) is 121 Å². The summed E-state index contributed by atoms with van der Waals surface area (Å²) >= 11 is 0. The number of aromatic nitrogens is 2. The Labute approximate surface area is 111 Å². The number of ether oxygens (including phenoxy) is 1. The molecular formula is C10H17N3O5S. The largest absolute Gasteiger partial charge is 0.462 e. The van der Waals surface area contributed by atoms with Gasteiger partial charge in [0.2, 0.25) is 0 Å². The van der Waals surface area contributed by atoms with Gasteiger partial charge in [0, 0.05) is 6.54 Å². The zero-order valence-electron chi connectivity index (χ0n) is 10.7. The Balaban J connectivity index is 2.84. The fraction of sp³-hybridized carbons (Fsp3) is 0.600. The van der Waals surface area contributed by atoms with Crippen LogP contribution >= 0.6 is 0 Å². The van der Waals surface area contributed by atoms with Gasteiger partial charge < -0.3 is 9.84 Å². The standard InChI is InChI=1S/C10H17N3O5S/c1-3-18-10(15)8-6-11-13-9(8)19(16,17)12-5-4-7(2)14/h6-7,12,14H,3-5H2,1-2H3,(H,11,13). The molecule has 0 aliphatic carbocycles. The second-order valence-electron chi connectivity index (χ2n) is 3.87. The summed E-state index contributed by atoms with van der Waals surface area (Å²) in [5.74, 6) is -0.757. The Morgan fingerprint density at radius 3 is 2.89 bits per heavy atom. The highest BCUT2D eigenvalue weighted by Crippen LogP contribution is 2.13. The van der Waals surface area contributed by atoms with Crippen LogP contribution in [-0.4, -0.2) is 48.9 Å². The molecule has 0 saturated heterocycles. The first-order valence-electron chi connectivity index (χ1n) is 5.76. The number of aliphatic hydroxyl groups excluding tert-OH is 1. The van der Waals surface area contributed by atoms with Gasteiger partial charge in [-0.15, -0.1) is 0 Å². The summed E-state index contributed by atoms with van der Waals surface area (Å²) in [6, 6.07) is 0. The highest BCUT2D eigenvalue weighted by Gasteiger charge is 2.25. The number of esters is 1. The lowest BCUT2D eigenvalue weighted by molar-refractivity contribution is 0.0521. The van der Waals surface area contributed by atoms with Crippen LogP contribution in [0.2, 0.25) is 0 Å². The molecule has 0 fully saturated rings. The molecule has 8 nitrogen and oxygen atoms in total. The van der Waals surface area contributed by atoms with E-state index >= 15 is 0 Å². The van der Waals surface area contributed by atoms with Crippen LogP contribution in [0.3, 0.4) is 0 Å². The number of H-pyrrole nitrogens is 1. The van der Waals surface area contributed by atoms with E-state index in [1.807, 2.05) is 0 Å². The average molecular weight is 291 g/mol. The Morgan fingerprint density at radius 2 is 2.32 bits per heavy atom. The molecule has 108 valence electrons. The zero-order valence-corrected chi connectivity index (χ0v) is 11.5. The molecule has 0 aliphatic rings. The summed E-state index contributed by atoms with van der Waals surface area (Å²) in [4.78, 5) is 11.5. The molecule has 0 spiro atoms. The second kappa shape index (κ2) is 6.64. The van der Waals surface area contributed by atoms with Crippen molar-refractivity contribution in [1.82, 2.24) is 14.9 Å². The maximum atomic E-state index is 11.9. The summed E-state index contributed by atoms with van der Waals surface area (Å²) in [6.07, 6.45) is 0.748. The van der Waals surface area contributed by atoms with E-state index in [0.717, 1.165) is 6.20 Å². The first kappa shape index (κ1) is 15.6. The summed E-state index contributed by atoms with van der Waals surface area (Å²) in [5.41, 5.74) is -0.147. The Kier molecular flexibility index (Phi) is 5.45. The van der Waals surface area contributed by atoms with E-state index in [1.165, 1.54) is 0 Å². The van der Waals surface area contributed by atoms with Crippen molar-refractivity contribution in [2.24, 2.45) is 0 Å². The number of carbonyl (C=O) groups excluding carboxylic acids is 1. The summed E-state index contributed by atoms with van der Waals surface area (Å²) < 4.78 is 30.9. The maximum absolute atomic E-state index is 11.9. The van der Waals surface area contributed by atoms with E-state index in [0.29, 0.717) is 0 Å². The van der Waals surface area contributed by atoms with Gasteiger partial charge in [-0.1, -0.05) is 0 Å². The highest BCUT2D eigenvalue weighted by molar-refractivity contribution is 7.89. The van der Waals surface area contributed by atoms with Gasteiger partial charge in [-0.2, -0.15) is 5.10 Å². The van der Waals surface area contributed by atoms with E-state index in [9.17, 15) is 13.2 Å². The number of hydrogen-bond acceptors (Lipinski definition) is 6. The lowest BCUT2D eigenvalue weighted by atomic mass is 10.3. The van der Waals surface area contributed by atoms with Crippen LogP contribution in [0.15, 0.2) is 11.2 Å². The van der Waals surface area contributed by atoms with Crippen LogP contribution in [0, 0.1) is 0 Å². The molecule has 19 heavy (non-hydrogen) atoms. The van der Waals surface area contributed by atoms with Crippen LogP contribution in [0.1, 0.15) is 30.6 Å². The number of carbonyl (C=O) groups is 1. The predicted molar refractivity (Wildman–Crippen MR) is 66.0 cm³/mol. The summed E-state index contributed by atoms with van der Waals surface area (Å²) in [7, 11) is -3.89. The van der Waals surface area contributed by atoms with Crippen molar-refractivity contribution in [3.05, 3.63) is 11.8 Å². The molecule has 0 radical (unpaired) electrons. The third kappa shape index (κ3) is 4.30. The number of nitrogens with zero attached hydrogens (tertiary/aromatic N) is 1. The SMILES string of the molecule is CCOC(=O)c1cn[nH]c1S(=O)(=O)NCCC(C)O. The molecule has 1 unspecified atom stereocenters. The maximum Gasteiger partial charge on any atom is 0.342 e. The number of nitrogens with one attached hydrogen (secondary N) is 2. The van der Waals surface area contributed by atoms with Crippen molar-refractivity contribution in [3.8, 4) is 0 Å². The fourth-order valence-electron chi connectivity index (χ4n) is 1.31. The van der Waals surface area contributed by atoms with Crippen molar-refractivity contribution in [1.29, 1.82) is 0 Å². The first-order chi connectivity index (χ1) is 8.88. The Bertz CT molecular complexity index is 523. The van der Waals surface area contributed by atoms with Gasteiger partial charge >= 0.3 is 5.97 Å². The molecular weight excluding hydrogens is 274 g/mol. The van der Waals surface area contributed by atoms with Crippen molar-refractivity contribution in [2.75, 3.05) is 13.2 Å². The second-order valence-corrected chi connectivity index (χ2v) is 5.57. The average Bonchev–Trinajstić information content (AvgIpc) is 2.78. The first-order valence-corrected chi connectivity index (χ1v) is 7.25.